The van der Waals surface area contributed by atoms with Gasteiger partial charge in [0.1, 0.15) is 0 Å². The molecule has 3 N–H and O–H groups in total. The molecule has 3 aromatic rings. The van der Waals surface area contributed by atoms with Crippen LogP contribution >= 0.6 is 0 Å². The zero-order chi connectivity index (χ0) is 21.3. The highest BCUT2D eigenvalue weighted by Gasteiger charge is 2.28. The van der Waals surface area contributed by atoms with Gasteiger partial charge < -0.3 is 15.6 Å². The average molecular weight is 409 g/mol. The molecule has 1 saturated carbocycles. The van der Waals surface area contributed by atoms with E-state index in [0.29, 0.717) is 17.2 Å². The number of fused-ring (bicyclic) bond motifs is 1. The van der Waals surface area contributed by atoms with Crippen LogP contribution in [0.25, 0.3) is 16.9 Å². The first-order valence-corrected chi connectivity index (χ1v) is 10.4. The Morgan fingerprint density at radius 2 is 2.03 bits per heavy atom. The third-order valence-corrected chi connectivity index (χ3v) is 5.78. The molecule has 0 radical (unpaired) electrons. The number of carbonyl (C=O) groups excluding carboxylic acids is 1. The number of amides is 1. The molecule has 1 atom stereocenters. The van der Waals surface area contributed by atoms with E-state index < -0.39 is 5.91 Å². The van der Waals surface area contributed by atoms with Crippen LogP contribution in [0.15, 0.2) is 30.5 Å². The molecule has 1 aromatic carbocycles. The van der Waals surface area contributed by atoms with E-state index >= 15 is 0 Å². The van der Waals surface area contributed by atoms with Crippen LogP contribution in [0.5, 0.6) is 0 Å². The summed E-state index contributed by atoms with van der Waals surface area (Å²) in [7, 11) is 0. The van der Waals surface area contributed by atoms with E-state index in [1.54, 1.807) is 4.68 Å². The molecular weight excluding hydrogens is 382 g/mol. The number of aromatic nitrogens is 4. The van der Waals surface area contributed by atoms with E-state index in [4.69, 9.17) is 15.5 Å². The number of aryl methyl sites for hydroxylation is 1. The van der Waals surface area contributed by atoms with Gasteiger partial charge in [-0.25, -0.2) is 9.97 Å². The van der Waals surface area contributed by atoms with Gasteiger partial charge in [-0.3, -0.25) is 4.79 Å². The van der Waals surface area contributed by atoms with Crippen LogP contribution in [-0.2, 0) is 4.74 Å². The van der Waals surface area contributed by atoms with Crippen molar-refractivity contribution in [3.63, 3.8) is 0 Å². The van der Waals surface area contributed by atoms with Crippen molar-refractivity contribution in [2.45, 2.75) is 57.7 Å². The summed E-state index contributed by atoms with van der Waals surface area (Å²) in [6, 6.07) is 7.92. The van der Waals surface area contributed by atoms with Gasteiger partial charge in [-0.05, 0) is 45.6 Å². The molecule has 1 fully saturated rings. The van der Waals surface area contributed by atoms with E-state index in [1.165, 1.54) is 6.20 Å². The van der Waals surface area contributed by atoms with Crippen LogP contribution in [0.4, 0.5) is 0 Å². The summed E-state index contributed by atoms with van der Waals surface area (Å²) >= 11 is 0. The lowest BCUT2D eigenvalue weighted by Gasteiger charge is -2.30. The molecule has 0 saturated heterocycles. The summed E-state index contributed by atoms with van der Waals surface area (Å²) in [4.78, 5) is 21.2. The monoisotopic (exact) mass is 409 g/mol. The van der Waals surface area contributed by atoms with Gasteiger partial charge in [0.05, 0.1) is 41.3 Å². The Morgan fingerprint density at radius 3 is 2.73 bits per heavy atom. The quantitative estimate of drug-likeness (QED) is 0.646. The third kappa shape index (κ3) is 3.93. The number of aliphatic hydroxyl groups excluding tert-OH is 1. The van der Waals surface area contributed by atoms with Crippen molar-refractivity contribution >= 4 is 16.8 Å². The van der Waals surface area contributed by atoms with Crippen molar-refractivity contribution in [2.75, 3.05) is 6.61 Å². The minimum atomic E-state index is -0.523. The zero-order valence-corrected chi connectivity index (χ0v) is 17.3. The summed E-state index contributed by atoms with van der Waals surface area (Å²) in [6.45, 7) is 3.83. The Balaban J connectivity index is 1.65. The number of nitrogens with two attached hydrogens (primary N) is 1. The first kappa shape index (κ1) is 20.4. The number of rotatable bonds is 6. The summed E-state index contributed by atoms with van der Waals surface area (Å²) in [5, 5.41) is 14.9. The molecule has 1 aliphatic rings. The molecule has 2 heterocycles. The maximum absolute atomic E-state index is 12.0. The van der Waals surface area contributed by atoms with E-state index in [0.717, 1.165) is 42.3 Å². The van der Waals surface area contributed by atoms with Gasteiger partial charge in [0.15, 0.2) is 0 Å². The van der Waals surface area contributed by atoms with Crippen LogP contribution in [0.3, 0.4) is 0 Å². The summed E-state index contributed by atoms with van der Waals surface area (Å²) in [6.07, 6.45) is 4.81. The van der Waals surface area contributed by atoms with Crippen molar-refractivity contribution in [1.82, 2.24) is 19.7 Å². The summed E-state index contributed by atoms with van der Waals surface area (Å²) in [5.41, 5.74) is 8.48. The number of para-hydroxylation sites is 1. The molecule has 1 aliphatic carbocycles. The highest BCUT2D eigenvalue weighted by molar-refractivity contribution is 5.93. The molecule has 0 spiro atoms. The number of hydrogen-bond donors (Lipinski definition) is 2. The van der Waals surface area contributed by atoms with Gasteiger partial charge >= 0.3 is 0 Å². The SMILES string of the molecule is Cc1nn(-c2ncc(C(N)=O)c([C@H]3CC[C@H](O[C@@H](C)CO)CC3)n2)c2ccccc12. The van der Waals surface area contributed by atoms with E-state index in [1.807, 2.05) is 38.1 Å². The second-order valence-corrected chi connectivity index (χ2v) is 7.95. The van der Waals surface area contributed by atoms with Crippen LogP contribution in [0, 0.1) is 6.92 Å². The van der Waals surface area contributed by atoms with E-state index in [9.17, 15) is 9.90 Å². The summed E-state index contributed by atoms with van der Waals surface area (Å²) in [5.74, 6) is 0.0124. The Hall–Kier alpha value is -2.84. The minimum Gasteiger partial charge on any atom is -0.394 e. The molecule has 4 rings (SSSR count). The predicted octanol–water partition coefficient (Wildman–Crippen LogP) is 2.65. The van der Waals surface area contributed by atoms with Gasteiger partial charge in [0.25, 0.3) is 11.9 Å². The first-order chi connectivity index (χ1) is 14.5. The van der Waals surface area contributed by atoms with Gasteiger partial charge in [-0.15, -0.1) is 0 Å². The fraction of sp³-hybridized carbons (Fsp3) is 0.455. The predicted molar refractivity (Wildman–Crippen MR) is 113 cm³/mol. The van der Waals surface area contributed by atoms with Crippen molar-refractivity contribution in [3.8, 4) is 5.95 Å². The molecule has 30 heavy (non-hydrogen) atoms. The van der Waals surface area contributed by atoms with E-state index in [2.05, 4.69) is 10.1 Å². The molecular formula is C22H27N5O3. The molecule has 8 nitrogen and oxygen atoms in total. The molecule has 158 valence electrons. The maximum Gasteiger partial charge on any atom is 0.252 e. The Morgan fingerprint density at radius 1 is 1.30 bits per heavy atom. The minimum absolute atomic E-state index is 0.0122. The van der Waals surface area contributed by atoms with E-state index in [-0.39, 0.29) is 24.7 Å². The molecule has 2 aromatic heterocycles. The number of ether oxygens (including phenoxy) is 1. The van der Waals surface area contributed by atoms with Gasteiger partial charge in [-0.2, -0.15) is 9.78 Å². The van der Waals surface area contributed by atoms with Gasteiger partial charge in [0, 0.05) is 17.5 Å². The topological polar surface area (TPSA) is 116 Å². The fourth-order valence-electron chi connectivity index (χ4n) is 4.21. The number of primary amides is 1. The number of aliphatic hydroxyl groups is 1. The number of benzene rings is 1. The van der Waals surface area contributed by atoms with Crippen molar-refractivity contribution in [1.29, 1.82) is 0 Å². The zero-order valence-electron chi connectivity index (χ0n) is 17.3. The van der Waals surface area contributed by atoms with Gasteiger partial charge in [-0.1, -0.05) is 18.2 Å². The number of nitrogens with zero attached hydrogens (tertiary/aromatic N) is 4. The Labute approximate surface area is 175 Å². The lowest BCUT2D eigenvalue weighted by Crippen LogP contribution is -2.28. The van der Waals surface area contributed by atoms with Crippen molar-refractivity contribution in [3.05, 3.63) is 47.4 Å². The molecule has 0 bridgehead atoms. The lowest BCUT2D eigenvalue weighted by molar-refractivity contribution is -0.0459. The van der Waals surface area contributed by atoms with Crippen molar-refractivity contribution < 1.29 is 14.6 Å². The van der Waals surface area contributed by atoms with Gasteiger partial charge in [0.2, 0.25) is 0 Å². The Kier molecular flexibility index (Phi) is 5.78. The fourth-order valence-corrected chi connectivity index (χ4v) is 4.21. The van der Waals surface area contributed by atoms with Crippen molar-refractivity contribution in [2.24, 2.45) is 5.73 Å². The highest BCUT2D eigenvalue weighted by atomic mass is 16.5. The standard InChI is InChI=1S/C22H27N5O3/c1-13(12-28)30-16-9-7-15(8-10-16)20-18(21(23)29)11-24-22(25-20)27-19-6-4-3-5-17(19)14(2)26-27/h3-6,11,13,15-16,28H,7-10,12H2,1-2H3,(H2,23,29)/t13-,15-,16-/m0/s1. The molecule has 0 aliphatic heterocycles. The Bertz CT molecular complexity index is 1060. The average Bonchev–Trinajstić information content (AvgIpc) is 3.10. The smallest absolute Gasteiger partial charge is 0.252 e. The maximum atomic E-state index is 12.0. The highest BCUT2D eigenvalue weighted by Crippen LogP contribution is 2.35. The molecule has 1 amide bonds. The largest absolute Gasteiger partial charge is 0.394 e. The first-order valence-electron chi connectivity index (χ1n) is 10.4. The number of hydrogen-bond acceptors (Lipinski definition) is 6. The molecule has 0 unspecified atom stereocenters. The normalized spacial score (nSPS) is 20.4. The second kappa shape index (κ2) is 8.49. The van der Waals surface area contributed by atoms with Crippen LogP contribution < -0.4 is 5.73 Å². The van der Waals surface area contributed by atoms with Crippen LogP contribution in [0.2, 0.25) is 0 Å². The van der Waals surface area contributed by atoms with Crippen LogP contribution in [-0.4, -0.2) is 49.6 Å². The second-order valence-electron chi connectivity index (χ2n) is 7.95. The lowest BCUT2D eigenvalue weighted by atomic mass is 9.83. The number of carbonyl (C=O) groups is 1. The van der Waals surface area contributed by atoms with Crippen LogP contribution in [0.1, 0.15) is 60.3 Å². The summed E-state index contributed by atoms with van der Waals surface area (Å²) < 4.78 is 7.58. The molecule has 8 heteroatoms. The third-order valence-electron chi connectivity index (χ3n) is 5.78.